The average molecular weight is 307 g/mol. The van der Waals surface area contributed by atoms with E-state index in [2.05, 4.69) is 12.1 Å². The summed E-state index contributed by atoms with van der Waals surface area (Å²) in [4.78, 5) is 10.3. The van der Waals surface area contributed by atoms with Crippen LogP contribution >= 0.6 is 0 Å². The summed E-state index contributed by atoms with van der Waals surface area (Å²) in [5.41, 5.74) is -0.394. The molecule has 0 saturated carbocycles. The van der Waals surface area contributed by atoms with Crippen molar-refractivity contribution < 1.29 is 4.92 Å². The van der Waals surface area contributed by atoms with Gasteiger partial charge in [0.25, 0.3) is 5.69 Å². The maximum Gasteiger partial charge on any atom is 0.269 e. The molecule has 1 aromatic rings. The summed E-state index contributed by atoms with van der Waals surface area (Å²) in [6.07, 6.45) is 10.7. The zero-order valence-corrected chi connectivity index (χ0v) is 12.7. The summed E-state index contributed by atoms with van der Waals surface area (Å²) in [6, 6.07) is 10.5. The Morgan fingerprint density at radius 2 is 1.65 bits per heavy atom. The summed E-state index contributed by atoms with van der Waals surface area (Å²) in [5, 5.41) is 30.1. The fraction of sp³-hybridized carbons (Fsp3) is 0.333. The number of hydrogen-bond acceptors (Lipinski definition) is 4. The van der Waals surface area contributed by atoms with Gasteiger partial charge in [-0.15, -0.1) is 0 Å². The molecule has 1 aliphatic rings. The molecular weight excluding hydrogens is 290 g/mol. The van der Waals surface area contributed by atoms with Crippen molar-refractivity contribution in [2.24, 2.45) is 5.41 Å². The second-order valence-electron chi connectivity index (χ2n) is 5.56. The maximum atomic E-state index is 10.8. The van der Waals surface area contributed by atoms with Gasteiger partial charge in [0, 0.05) is 18.1 Å². The third-order valence-electron chi connectivity index (χ3n) is 4.15. The lowest BCUT2D eigenvalue weighted by Crippen LogP contribution is -2.25. The van der Waals surface area contributed by atoms with Crippen molar-refractivity contribution in [1.29, 1.82) is 10.5 Å². The number of nitro benzene ring substituents is 1. The molecule has 0 saturated heterocycles. The lowest BCUT2D eigenvalue weighted by molar-refractivity contribution is -0.384. The largest absolute Gasteiger partial charge is 0.269 e. The first kappa shape index (κ1) is 16.5. The Morgan fingerprint density at radius 1 is 1.04 bits per heavy atom. The molecule has 0 N–H and O–H groups in total. The van der Waals surface area contributed by atoms with Crippen LogP contribution in [0.2, 0.25) is 0 Å². The molecule has 0 bridgehead atoms. The SMILES string of the molecule is N#CC1(C#N)C/C=C/CC/C=C/CC1c1ccc([N+](=O)[O-])cc1. The van der Waals surface area contributed by atoms with Gasteiger partial charge in [-0.1, -0.05) is 36.4 Å². The highest BCUT2D eigenvalue weighted by molar-refractivity contribution is 5.38. The van der Waals surface area contributed by atoms with Crippen molar-refractivity contribution >= 4 is 5.69 Å². The summed E-state index contributed by atoms with van der Waals surface area (Å²) in [7, 11) is 0. The van der Waals surface area contributed by atoms with Crippen LogP contribution in [0, 0.1) is 38.2 Å². The Kier molecular flexibility index (Phi) is 5.28. The van der Waals surface area contributed by atoms with E-state index in [1.807, 2.05) is 24.3 Å². The standard InChI is InChI=1S/C18H17N3O2/c19-13-18(14-20)12-6-4-2-1-3-5-7-17(18)15-8-10-16(11-9-15)21(22)23/h3-6,8-11,17H,1-2,7,12H2/b5-3+,6-4+. The van der Waals surface area contributed by atoms with Crippen molar-refractivity contribution in [2.75, 3.05) is 0 Å². The minimum Gasteiger partial charge on any atom is -0.258 e. The van der Waals surface area contributed by atoms with E-state index in [0.29, 0.717) is 12.8 Å². The number of rotatable bonds is 2. The summed E-state index contributed by atoms with van der Waals surface area (Å²) < 4.78 is 0. The van der Waals surface area contributed by atoms with Crippen LogP contribution in [0.25, 0.3) is 0 Å². The summed E-state index contributed by atoms with van der Waals surface area (Å²) in [6.45, 7) is 0. The minimum atomic E-state index is -1.17. The molecule has 0 amide bonds. The predicted molar refractivity (Wildman–Crippen MR) is 86.2 cm³/mol. The van der Waals surface area contributed by atoms with Gasteiger partial charge in [-0.2, -0.15) is 10.5 Å². The minimum absolute atomic E-state index is 0.00331. The van der Waals surface area contributed by atoms with Crippen LogP contribution in [0.4, 0.5) is 5.69 Å². The van der Waals surface area contributed by atoms with Crippen LogP contribution in [0.1, 0.15) is 37.2 Å². The van der Waals surface area contributed by atoms with E-state index in [1.54, 1.807) is 12.1 Å². The van der Waals surface area contributed by atoms with Crippen LogP contribution < -0.4 is 0 Å². The number of benzene rings is 1. The lowest BCUT2D eigenvalue weighted by Gasteiger charge is -2.28. The van der Waals surface area contributed by atoms with Crippen LogP contribution in [-0.2, 0) is 0 Å². The van der Waals surface area contributed by atoms with Crippen molar-refractivity contribution in [3.05, 3.63) is 64.2 Å². The molecule has 0 heterocycles. The van der Waals surface area contributed by atoms with Crippen molar-refractivity contribution in [3.8, 4) is 12.1 Å². The smallest absolute Gasteiger partial charge is 0.258 e. The Hall–Kier alpha value is -2.92. The number of allylic oxidation sites excluding steroid dienone is 4. The van der Waals surface area contributed by atoms with E-state index in [4.69, 9.17) is 0 Å². The number of nitro groups is 1. The molecule has 23 heavy (non-hydrogen) atoms. The molecule has 1 aliphatic carbocycles. The molecule has 0 spiro atoms. The molecule has 116 valence electrons. The van der Waals surface area contributed by atoms with E-state index in [0.717, 1.165) is 18.4 Å². The van der Waals surface area contributed by atoms with Crippen LogP contribution in [0.3, 0.4) is 0 Å². The second kappa shape index (κ2) is 7.38. The normalized spacial score (nSPS) is 23.0. The monoisotopic (exact) mass is 307 g/mol. The van der Waals surface area contributed by atoms with Gasteiger partial charge in [-0.05, 0) is 31.2 Å². The second-order valence-corrected chi connectivity index (χ2v) is 5.56. The highest BCUT2D eigenvalue weighted by atomic mass is 16.6. The third-order valence-corrected chi connectivity index (χ3v) is 4.15. The summed E-state index contributed by atoms with van der Waals surface area (Å²) in [5.74, 6) is -0.322. The average Bonchev–Trinajstić information content (AvgIpc) is 2.59. The molecule has 0 fully saturated rings. The first-order valence-electron chi connectivity index (χ1n) is 7.50. The van der Waals surface area contributed by atoms with Gasteiger partial charge in [-0.25, -0.2) is 0 Å². The molecule has 1 atom stereocenters. The van der Waals surface area contributed by atoms with E-state index in [1.165, 1.54) is 12.1 Å². The molecule has 5 heteroatoms. The fourth-order valence-corrected chi connectivity index (χ4v) is 2.79. The lowest BCUT2D eigenvalue weighted by atomic mass is 9.70. The van der Waals surface area contributed by atoms with Gasteiger partial charge in [0.15, 0.2) is 5.41 Å². The van der Waals surface area contributed by atoms with Crippen LogP contribution in [-0.4, -0.2) is 4.92 Å². The highest BCUT2D eigenvalue weighted by Gasteiger charge is 2.39. The van der Waals surface area contributed by atoms with Crippen LogP contribution in [0.15, 0.2) is 48.6 Å². The van der Waals surface area contributed by atoms with Gasteiger partial charge in [0.1, 0.15) is 0 Å². The van der Waals surface area contributed by atoms with Gasteiger partial charge >= 0.3 is 0 Å². The maximum absolute atomic E-state index is 10.8. The molecular formula is C18H17N3O2. The summed E-state index contributed by atoms with van der Waals surface area (Å²) >= 11 is 0. The molecule has 5 nitrogen and oxygen atoms in total. The fourth-order valence-electron chi connectivity index (χ4n) is 2.79. The zero-order valence-electron chi connectivity index (χ0n) is 12.7. The molecule has 0 aliphatic heterocycles. The topological polar surface area (TPSA) is 90.7 Å². The Bertz CT molecular complexity index is 691. The van der Waals surface area contributed by atoms with E-state index >= 15 is 0 Å². The molecule has 2 rings (SSSR count). The van der Waals surface area contributed by atoms with Crippen molar-refractivity contribution in [3.63, 3.8) is 0 Å². The van der Waals surface area contributed by atoms with Gasteiger partial charge in [0.05, 0.1) is 17.1 Å². The quantitative estimate of drug-likeness (QED) is 0.460. The van der Waals surface area contributed by atoms with E-state index in [-0.39, 0.29) is 11.6 Å². The number of non-ortho nitro benzene ring substituents is 1. The predicted octanol–water partition coefficient (Wildman–Crippen LogP) is 4.40. The Morgan fingerprint density at radius 3 is 2.22 bits per heavy atom. The van der Waals surface area contributed by atoms with Crippen molar-refractivity contribution in [1.82, 2.24) is 0 Å². The molecule has 1 aromatic carbocycles. The van der Waals surface area contributed by atoms with E-state index < -0.39 is 10.3 Å². The highest BCUT2D eigenvalue weighted by Crippen LogP contribution is 2.42. The van der Waals surface area contributed by atoms with Crippen molar-refractivity contribution in [2.45, 2.75) is 31.6 Å². The van der Waals surface area contributed by atoms with Gasteiger partial charge in [0.2, 0.25) is 0 Å². The van der Waals surface area contributed by atoms with E-state index in [9.17, 15) is 20.6 Å². The zero-order chi connectivity index (χ0) is 16.7. The number of nitrogens with zero attached hydrogens (tertiary/aromatic N) is 3. The Labute approximate surface area is 135 Å². The first-order chi connectivity index (χ1) is 11.1. The number of nitriles is 2. The Balaban J connectivity index is 2.45. The first-order valence-corrected chi connectivity index (χ1v) is 7.50. The van der Waals surface area contributed by atoms with Gasteiger partial charge < -0.3 is 0 Å². The molecule has 0 radical (unpaired) electrons. The van der Waals surface area contributed by atoms with Gasteiger partial charge in [-0.3, -0.25) is 10.1 Å². The number of hydrogen-bond donors (Lipinski definition) is 0. The molecule has 0 aromatic heterocycles. The van der Waals surface area contributed by atoms with Crippen LogP contribution in [0.5, 0.6) is 0 Å². The molecule has 1 unspecified atom stereocenters. The third kappa shape index (κ3) is 3.64.